The molecule has 0 bridgehead atoms. The van der Waals surface area contributed by atoms with Crippen LogP contribution in [0, 0.1) is 0 Å². The van der Waals surface area contributed by atoms with Gasteiger partial charge in [0.25, 0.3) is 0 Å². The molecule has 0 saturated carbocycles. The van der Waals surface area contributed by atoms with Crippen molar-refractivity contribution in [1.29, 1.82) is 0 Å². The quantitative estimate of drug-likeness (QED) is 0.604. The van der Waals surface area contributed by atoms with E-state index in [0.717, 1.165) is 0 Å². The molecule has 56 valence electrons. The molecule has 2 N–H and O–H groups in total. The third-order valence-corrected chi connectivity index (χ3v) is 0. The van der Waals surface area contributed by atoms with Crippen LogP contribution in [0.25, 0.3) is 0 Å². The van der Waals surface area contributed by atoms with E-state index in [-0.39, 0.29) is 87.0 Å². The maximum absolute atomic E-state index is 0. The van der Waals surface area contributed by atoms with Gasteiger partial charge in [0, 0.05) is 19.5 Å². The average molecular weight is 301 g/mol. The Bertz CT molecular complexity index is 8.04. The number of halogens is 5. The van der Waals surface area contributed by atoms with Gasteiger partial charge in [0.2, 0.25) is 0 Å². The van der Waals surface area contributed by atoms with Crippen molar-refractivity contribution in [3.05, 3.63) is 0 Å². The van der Waals surface area contributed by atoms with E-state index in [1.165, 1.54) is 0 Å². The molecule has 1 nitrogen and oxygen atoms in total. The van der Waals surface area contributed by atoms with E-state index >= 15 is 0 Å². The molecule has 0 atom stereocenters. The van der Waals surface area contributed by atoms with Gasteiger partial charge in [-0.1, -0.05) is 0 Å². The number of hydrogen-bond acceptors (Lipinski definition) is 0. The zero-order valence-corrected chi connectivity index (χ0v) is 8.72. The Balaban J connectivity index is 0. The normalized spacial score (nSPS) is 0. The Morgan fingerprint density at radius 1 is 0.429 bits per heavy atom. The zero-order valence-electron chi connectivity index (χ0n) is 2.89. The van der Waals surface area contributed by atoms with E-state index in [1.807, 2.05) is 0 Å². The predicted molar refractivity (Wildman–Crippen MR) is 39.9 cm³/mol. The molecular formula is H7Cl5ORu. The molecule has 0 heterocycles. The van der Waals surface area contributed by atoms with Crippen molar-refractivity contribution in [1.82, 2.24) is 0 Å². The summed E-state index contributed by atoms with van der Waals surface area (Å²) < 4.78 is 0. The van der Waals surface area contributed by atoms with Crippen LogP contribution < -0.4 is 0 Å². The minimum atomic E-state index is 0. The van der Waals surface area contributed by atoms with Crippen LogP contribution in [0.3, 0.4) is 0 Å². The summed E-state index contributed by atoms with van der Waals surface area (Å²) in [6.45, 7) is 0. The Labute approximate surface area is 86.5 Å². The molecule has 0 aromatic carbocycles. The topological polar surface area (TPSA) is 31.5 Å². The van der Waals surface area contributed by atoms with Gasteiger partial charge in [0.15, 0.2) is 0 Å². The Morgan fingerprint density at radius 3 is 0.429 bits per heavy atom. The van der Waals surface area contributed by atoms with E-state index in [0.29, 0.717) is 0 Å². The first-order valence-electron chi connectivity index (χ1n) is 0. The van der Waals surface area contributed by atoms with Gasteiger partial charge in [0.05, 0.1) is 0 Å². The molecule has 0 fully saturated rings. The van der Waals surface area contributed by atoms with Crippen LogP contribution in [0.2, 0.25) is 0 Å². The first kappa shape index (κ1) is 141. The van der Waals surface area contributed by atoms with E-state index in [2.05, 4.69) is 0 Å². The fourth-order valence-corrected chi connectivity index (χ4v) is 0. The van der Waals surface area contributed by atoms with Crippen molar-refractivity contribution < 1.29 is 25.0 Å². The SMILES string of the molecule is Cl.Cl.Cl.Cl.Cl.O.[Ru]. The van der Waals surface area contributed by atoms with Gasteiger partial charge in [-0.15, -0.1) is 62.0 Å². The molecule has 7 heavy (non-hydrogen) atoms. The van der Waals surface area contributed by atoms with E-state index in [4.69, 9.17) is 0 Å². The van der Waals surface area contributed by atoms with Crippen LogP contribution in [0.4, 0.5) is 0 Å². The minimum Gasteiger partial charge on any atom is -0.412 e. The molecule has 7 heteroatoms. The van der Waals surface area contributed by atoms with Gasteiger partial charge in [-0.05, 0) is 0 Å². The summed E-state index contributed by atoms with van der Waals surface area (Å²) in [7, 11) is 0. The molecular weight excluding hydrogens is 294 g/mol. The monoisotopic (exact) mass is 300 g/mol. The number of hydrogen-bond donors (Lipinski definition) is 0. The van der Waals surface area contributed by atoms with Gasteiger partial charge >= 0.3 is 0 Å². The van der Waals surface area contributed by atoms with Crippen molar-refractivity contribution in [2.24, 2.45) is 0 Å². The maximum atomic E-state index is 0. The molecule has 0 aliphatic heterocycles. The molecule has 0 aliphatic rings. The molecule has 0 rings (SSSR count). The van der Waals surface area contributed by atoms with E-state index in [9.17, 15) is 0 Å². The van der Waals surface area contributed by atoms with Crippen LogP contribution in [0.5, 0.6) is 0 Å². The van der Waals surface area contributed by atoms with Gasteiger partial charge in [-0.3, -0.25) is 0 Å². The molecule has 0 aromatic heterocycles. The molecule has 0 amide bonds. The summed E-state index contributed by atoms with van der Waals surface area (Å²) >= 11 is 0. The summed E-state index contributed by atoms with van der Waals surface area (Å²) in [6.07, 6.45) is 0. The van der Waals surface area contributed by atoms with Crippen molar-refractivity contribution in [2.45, 2.75) is 0 Å². The second-order valence-electron chi connectivity index (χ2n) is 0. The van der Waals surface area contributed by atoms with E-state index in [1.54, 1.807) is 0 Å². The van der Waals surface area contributed by atoms with Gasteiger partial charge in [-0.2, -0.15) is 0 Å². The molecule has 0 spiro atoms. The first-order chi connectivity index (χ1) is 0. The second kappa shape index (κ2) is 96.1. The summed E-state index contributed by atoms with van der Waals surface area (Å²) in [5, 5.41) is 0. The molecule has 0 aliphatic carbocycles. The van der Waals surface area contributed by atoms with Gasteiger partial charge in [-0.25, -0.2) is 0 Å². The van der Waals surface area contributed by atoms with Crippen molar-refractivity contribution in [3.63, 3.8) is 0 Å². The molecule has 0 aromatic rings. The van der Waals surface area contributed by atoms with Crippen LogP contribution in [0.1, 0.15) is 0 Å². The molecule has 0 radical (unpaired) electrons. The van der Waals surface area contributed by atoms with Crippen LogP contribution >= 0.6 is 62.0 Å². The second-order valence-corrected chi connectivity index (χ2v) is 0. The third-order valence-electron chi connectivity index (χ3n) is 0. The Morgan fingerprint density at radius 2 is 0.429 bits per heavy atom. The molecule has 0 saturated heterocycles. The maximum Gasteiger partial charge on any atom is 0 e. The standard InChI is InChI=1S/5ClH.H2O.Ru/h5*1H;1H2;. The summed E-state index contributed by atoms with van der Waals surface area (Å²) in [4.78, 5) is 0. The van der Waals surface area contributed by atoms with Crippen LogP contribution in [0.15, 0.2) is 0 Å². The zero-order chi connectivity index (χ0) is 0. The third kappa shape index (κ3) is 70.7. The van der Waals surface area contributed by atoms with Crippen LogP contribution in [-0.4, -0.2) is 5.48 Å². The fraction of sp³-hybridized carbons (Fsp3) is 0. The van der Waals surface area contributed by atoms with Crippen molar-refractivity contribution in [3.8, 4) is 0 Å². The van der Waals surface area contributed by atoms with Gasteiger partial charge in [0.1, 0.15) is 0 Å². The fourth-order valence-electron chi connectivity index (χ4n) is 0. The Kier molecular flexibility index (Phi) is 1940. The number of rotatable bonds is 0. The summed E-state index contributed by atoms with van der Waals surface area (Å²) in [5.74, 6) is 0. The van der Waals surface area contributed by atoms with Crippen LogP contribution in [-0.2, 0) is 19.5 Å². The smallest absolute Gasteiger partial charge is 0 e. The minimum absolute atomic E-state index is 0. The predicted octanol–water partition coefficient (Wildman–Crippen LogP) is 1.28. The summed E-state index contributed by atoms with van der Waals surface area (Å²) in [6, 6.07) is 0. The van der Waals surface area contributed by atoms with Crippen molar-refractivity contribution in [2.75, 3.05) is 0 Å². The first-order valence-corrected chi connectivity index (χ1v) is 0. The molecule has 0 unspecified atom stereocenters. The van der Waals surface area contributed by atoms with E-state index < -0.39 is 0 Å². The average Bonchev–Trinajstić information content (AvgIpc) is 0. The Hall–Kier alpha value is 2.03. The van der Waals surface area contributed by atoms with Gasteiger partial charge < -0.3 is 5.48 Å². The van der Waals surface area contributed by atoms with Crippen molar-refractivity contribution >= 4 is 62.0 Å². The summed E-state index contributed by atoms with van der Waals surface area (Å²) in [5.41, 5.74) is 0. The largest absolute Gasteiger partial charge is 0.412 e.